The lowest BCUT2D eigenvalue weighted by Gasteiger charge is -2.24. The minimum absolute atomic E-state index is 0.123. The molecule has 1 aliphatic rings. The van der Waals surface area contributed by atoms with Crippen LogP contribution in [0.15, 0.2) is 35.2 Å². The van der Waals surface area contributed by atoms with Crippen LogP contribution in [0.3, 0.4) is 0 Å². The number of nitrogens with one attached hydrogen (secondary N) is 1. The number of benzene rings is 2. The van der Waals surface area contributed by atoms with Crippen LogP contribution in [0.1, 0.15) is 24.9 Å². The van der Waals surface area contributed by atoms with Crippen molar-refractivity contribution < 1.29 is 17.9 Å². The van der Waals surface area contributed by atoms with Crippen LogP contribution >= 0.6 is 11.6 Å². The normalized spacial score (nSPS) is 17.7. The number of methoxy groups -OCH3 is 2. The number of anilines is 2. The fraction of sp³-hybridized carbons (Fsp3) is 0.429. The summed E-state index contributed by atoms with van der Waals surface area (Å²) in [5.74, 6) is 1.06. The van der Waals surface area contributed by atoms with Gasteiger partial charge in [0, 0.05) is 47.7 Å². The van der Waals surface area contributed by atoms with Gasteiger partial charge < -0.3 is 25.4 Å². The van der Waals surface area contributed by atoms with Crippen LogP contribution in [0.5, 0.6) is 11.5 Å². The van der Waals surface area contributed by atoms with Crippen molar-refractivity contribution in [2.24, 2.45) is 5.73 Å². The predicted molar refractivity (Wildman–Crippen MR) is 121 cm³/mol. The Morgan fingerprint density at radius 2 is 1.97 bits per heavy atom. The fourth-order valence-electron chi connectivity index (χ4n) is 3.76. The van der Waals surface area contributed by atoms with Crippen molar-refractivity contribution in [3.05, 3.63) is 40.9 Å². The van der Waals surface area contributed by atoms with Crippen molar-refractivity contribution in [2.75, 3.05) is 43.8 Å². The molecule has 7 nitrogen and oxygen atoms in total. The van der Waals surface area contributed by atoms with E-state index in [1.54, 1.807) is 32.4 Å². The minimum atomic E-state index is -3.44. The van der Waals surface area contributed by atoms with Gasteiger partial charge in [0.15, 0.2) is 21.3 Å². The largest absolute Gasteiger partial charge is 0.493 e. The lowest BCUT2D eigenvalue weighted by Crippen LogP contribution is -2.26. The average Bonchev–Trinajstić information content (AvgIpc) is 3.12. The lowest BCUT2D eigenvalue weighted by atomic mass is 10.1. The molecule has 0 saturated carbocycles. The van der Waals surface area contributed by atoms with E-state index in [1.165, 1.54) is 6.26 Å². The molecule has 2 aromatic rings. The van der Waals surface area contributed by atoms with E-state index in [4.69, 9.17) is 26.8 Å². The predicted octanol–water partition coefficient (Wildman–Crippen LogP) is 3.47. The van der Waals surface area contributed by atoms with E-state index in [1.807, 2.05) is 19.1 Å². The highest BCUT2D eigenvalue weighted by Crippen LogP contribution is 2.40. The molecule has 2 atom stereocenters. The molecule has 0 bridgehead atoms. The number of rotatable bonds is 7. The first-order valence-corrected chi connectivity index (χ1v) is 11.9. The number of hydrogen-bond donors (Lipinski definition) is 2. The molecule has 1 aliphatic heterocycles. The molecule has 0 radical (unpaired) electrons. The van der Waals surface area contributed by atoms with E-state index in [0.29, 0.717) is 22.2 Å². The number of nitrogens with zero attached hydrogens (tertiary/aromatic N) is 1. The Bertz CT molecular complexity index is 1030. The monoisotopic (exact) mass is 453 g/mol. The molecule has 2 aromatic carbocycles. The summed E-state index contributed by atoms with van der Waals surface area (Å²) >= 11 is 6.26. The number of ether oxygens (including phenoxy) is 2. The van der Waals surface area contributed by atoms with Crippen LogP contribution in [0.25, 0.3) is 0 Å². The summed E-state index contributed by atoms with van der Waals surface area (Å²) in [4.78, 5) is 2.39. The third-order valence-corrected chi connectivity index (χ3v) is 6.64. The number of sulfone groups is 1. The molecular weight excluding hydrogens is 426 g/mol. The molecule has 30 heavy (non-hydrogen) atoms. The molecule has 1 unspecified atom stereocenters. The zero-order valence-corrected chi connectivity index (χ0v) is 19.2. The lowest BCUT2D eigenvalue weighted by molar-refractivity contribution is 0.350. The molecule has 3 N–H and O–H groups in total. The second-order valence-electron chi connectivity index (χ2n) is 7.54. The molecule has 0 aromatic heterocycles. The highest BCUT2D eigenvalue weighted by atomic mass is 35.5. The van der Waals surface area contributed by atoms with Gasteiger partial charge in [0.25, 0.3) is 0 Å². The Hall–Kier alpha value is -2.16. The minimum Gasteiger partial charge on any atom is -0.493 e. The number of halogens is 1. The van der Waals surface area contributed by atoms with Crippen LogP contribution in [-0.2, 0) is 9.84 Å². The van der Waals surface area contributed by atoms with Gasteiger partial charge in [0.05, 0.1) is 30.8 Å². The molecule has 1 saturated heterocycles. The topological polar surface area (TPSA) is 93.9 Å². The highest BCUT2D eigenvalue weighted by Gasteiger charge is 2.24. The maximum absolute atomic E-state index is 12.4. The van der Waals surface area contributed by atoms with Crippen molar-refractivity contribution in [1.29, 1.82) is 0 Å². The van der Waals surface area contributed by atoms with Gasteiger partial charge in [-0.1, -0.05) is 11.6 Å². The Kier molecular flexibility index (Phi) is 6.69. The van der Waals surface area contributed by atoms with Gasteiger partial charge in [0.2, 0.25) is 0 Å². The molecule has 9 heteroatoms. The third-order valence-electron chi connectivity index (χ3n) is 5.26. The maximum Gasteiger partial charge on any atom is 0.177 e. The van der Waals surface area contributed by atoms with Crippen molar-refractivity contribution in [1.82, 2.24) is 0 Å². The zero-order valence-electron chi connectivity index (χ0n) is 17.6. The molecule has 0 amide bonds. The van der Waals surface area contributed by atoms with Gasteiger partial charge in [-0.2, -0.15) is 0 Å². The van der Waals surface area contributed by atoms with Crippen LogP contribution in [0.4, 0.5) is 11.4 Å². The first-order chi connectivity index (χ1) is 14.1. The molecular formula is C21H28ClN3O4S. The van der Waals surface area contributed by atoms with Crippen LogP contribution in [0.2, 0.25) is 5.02 Å². The van der Waals surface area contributed by atoms with Gasteiger partial charge in [-0.15, -0.1) is 0 Å². The van der Waals surface area contributed by atoms with Crippen molar-refractivity contribution >= 4 is 32.8 Å². The van der Waals surface area contributed by atoms with E-state index >= 15 is 0 Å². The fourth-order valence-corrected chi connectivity index (χ4v) is 4.81. The average molecular weight is 454 g/mol. The standard InChI is InChI=1S/C21H28ClN3O4S/c1-13(17-9-14(22)10-19(28-2)21(17)29-3)24-18-11-16(25-8-7-15(23)12-25)5-6-20(18)30(4,26)27/h5-6,9-11,13,15,24H,7-8,12,23H2,1-4H3/t13?,15-/m1/s1. The van der Waals surface area contributed by atoms with Gasteiger partial charge in [-0.05, 0) is 37.6 Å². The van der Waals surface area contributed by atoms with Crippen LogP contribution < -0.4 is 25.4 Å². The Morgan fingerprint density at radius 1 is 1.23 bits per heavy atom. The smallest absolute Gasteiger partial charge is 0.177 e. The number of nitrogens with two attached hydrogens (primary N) is 1. The van der Waals surface area contributed by atoms with Gasteiger partial charge in [-0.25, -0.2) is 8.42 Å². The van der Waals surface area contributed by atoms with Crippen LogP contribution in [-0.4, -0.2) is 48.0 Å². The quantitative estimate of drug-likeness (QED) is 0.662. The van der Waals surface area contributed by atoms with E-state index in [2.05, 4.69) is 10.2 Å². The summed E-state index contributed by atoms with van der Waals surface area (Å²) in [6.07, 6.45) is 2.11. The van der Waals surface area contributed by atoms with E-state index in [9.17, 15) is 8.42 Å². The molecule has 1 heterocycles. The molecule has 1 fully saturated rings. The van der Waals surface area contributed by atoms with Gasteiger partial charge in [-0.3, -0.25) is 0 Å². The van der Waals surface area contributed by atoms with Gasteiger partial charge >= 0.3 is 0 Å². The third kappa shape index (κ3) is 4.77. The Balaban J connectivity index is 2.01. The summed E-state index contributed by atoms with van der Waals surface area (Å²) in [6.45, 7) is 3.50. The van der Waals surface area contributed by atoms with Crippen LogP contribution in [0, 0.1) is 0 Å². The first-order valence-electron chi connectivity index (χ1n) is 9.66. The second-order valence-corrected chi connectivity index (χ2v) is 9.96. The summed E-state index contributed by atoms with van der Waals surface area (Å²) in [5, 5.41) is 3.83. The molecule has 3 rings (SSSR count). The molecule has 164 valence electrons. The summed E-state index contributed by atoms with van der Waals surface area (Å²) in [7, 11) is -0.336. The Labute approximate surface area is 183 Å². The van der Waals surface area contributed by atoms with Crippen molar-refractivity contribution in [3.63, 3.8) is 0 Å². The molecule has 0 spiro atoms. The summed E-state index contributed by atoms with van der Waals surface area (Å²) in [6, 6.07) is 8.60. The maximum atomic E-state index is 12.4. The second kappa shape index (κ2) is 8.91. The Morgan fingerprint density at radius 3 is 2.53 bits per heavy atom. The zero-order chi connectivity index (χ0) is 22.1. The summed E-state index contributed by atoms with van der Waals surface area (Å²) < 4.78 is 35.7. The van der Waals surface area contributed by atoms with Crippen molar-refractivity contribution in [3.8, 4) is 11.5 Å². The van der Waals surface area contributed by atoms with E-state index in [-0.39, 0.29) is 17.0 Å². The number of hydrogen-bond acceptors (Lipinski definition) is 7. The van der Waals surface area contributed by atoms with Crippen molar-refractivity contribution in [2.45, 2.75) is 30.3 Å². The molecule has 0 aliphatic carbocycles. The van der Waals surface area contributed by atoms with Gasteiger partial charge in [0.1, 0.15) is 0 Å². The SMILES string of the molecule is COc1cc(Cl)cc(C(C)Nc2cc(N3CC[C@@H](N)C3)ccc2S(C)(=O)=O)c1OC. The van der Waals surface area contributed by atoms with E-state index < -0.39 is 9.84 Å². The first kappa shape index (κ1) is 22.5. The van der Waals surface area contributed by atoms with E-state index in [0.717, 1.165) is 30.8 Å². The summed E-state index contributed by atoms with van der Waals surface area (Å²) in [5.41, 5.74) is 8.25. The highest BCUT2D eigenvalue weighted by molar-refractivity contribution is 7.90.